The number of nitrogens with zero attached hydrogens (tertiary/aromatic N) is 1. The third kappa shape index (κ3) is 2.15. The summed E-state index contributed by atoms with van der Waals surface area (Å²) >= 11 is 1.27. The molecule has 1 aromatic heterocycles. The first-order valence-electron chi connectivity index (χ1n) is 5.40. The number of rotatable bonds is 5. The summed E-state index contributed by atoms with van der Waals surface area (Å²) in [4.78, 5) is 0.908. The molecule has 0 aromatic carbocycles. The van der Waals surface area contributed by atoms with Crippen LogP contribution in [0.1, 0.15) is 24.6 Å². The number of sulfonamides is 1. The Labute approximate surface area is 100 Å². The van der Waals surface area contributed by atoms with Crippen LogP contribution in [0.5, 0.6) is 0 Å². The Bertz CT molecular complexity index is 463. The fourth-order valence-corrected chi connectivity index (χ4v) is 4.77. The Morgan fingerprint density at radius 1 is 1.50 bits per heavy atom. The fourth-order valence-electron chi connectivity index (χ4n) is 1.71. The van der Waals surface area contributed by atoms with E-state index in [9.17, 15) is 8.42 Å². The van der Waals surface area contributed by atoms with E-state index in [2.05, 4.69) is 0 Å². The van der Waals surface area contributed by atoms with E-state index in [1.54, 1.807) is 16.4 Å². The van der Waals surface area contributed by atoms with Gasteiger partial charge >= 0.3 is 0 Å². The van der Waals surface area contributed by atoms with Crippen LogP contribution in [-0.4, -0.2) is 25.3 Å². The predicted octanol–water partition coefficient (Wildman–Crippen LogP) is 1.38. The molecule has 0 atom stereocenters. The van der Waals surface area contributed by atoms with Crippen molar-refractivity contribution in [2.45, 2.75) is 36.6 Å². The molecule has 6 heteroatoms. The van der Waals surface area contributed by atoms with Gasteiger partial charge in [-0.2, -0.15) is 4.31 Å². The average molecular weight is 260 g/mol. The molecule has 1 aromatic rings. The second-order valence-corrected chi connectivity index (χ2v) is 7.15. The van der Waals surface area contributed by atoms with Crippen molar-refractivity contribution in [2.24, 2.45) is 5.73 Å². The Kier molecular flexibility index (Phi) is 3.34. The largest absolute Gasteiger partial charge is 0.326 e. The molecule has 1 heterocycles. The van der Waals surface area contributed by atoms with Crippen LogP contribution < -0.4 is 5.73 Å². The van der Waals surface area contributed by atoms with Crippen molar-refractivity contribution in [3.05, 3.63) is 17.0 Å². The topological polar surface area (TPSA) is 63.4 Å². The Morgan fingerprint density at radius 3 is 2.62 bits per heavy atom. The third-order valence-electron chi connectivity index (χ3n) is 2.67. The molecule has 0 unspecified atom stereocenters. The van der Waals surface area contributed by atoms with Crippen molar-refractivity contribution < 1.29 is 8.42 Å². The van der Waals surface area contributed by atoms with E-state index in [-0.39, 0.29) is 6.04 Å². The molecule has 16 heavy (non-hydrogen) atoms. The summed E-state index contributed by atoms with van der Waals surface area (Å²) in [7, 11) is -3.28. The summed E-state index contributed by atoms with van der Waals surface area (Å²) in [6, 6.07) is 3.67. The maximum absolute atomic E-state index is 12.3. The Morgan fingerprint density at radius 2 is 2.19 bits per heavy atom. The first-order valence-corrected chi connectivity index (χ1v) is 7.66. The monoisotopic (exact) mass is 260 g/mol. The highest BCUT2D eigenvalue weighted by molar-refractivity contribution is 7.91. The van der Waals surface area contributed by atoms with Crippen LogP contribution in [-0.2, 0) is 16.6 Å². The van der Waals surface area contributed by atoms with Crippen molar-refractivity contribution in [1.29, 1.82) is 0 Å². The minimum atomic E-state index is -3.28. The highest BCUT2D eigenvalue weighted by Gasteiger charge is 2.37. The summed E-state index contributed by atoms with van der Waals surface area (Å²) in [5.41, 5.74) is 5.49. The van der Waals surface area contributed by atoms with Gasteiger partial charge in [0.1, 0.15) is 4.21 Å². The molecule has 0 radical (unpaired) electrons. The van der Waals surface area contributed by atoms with E-state index < -0.39 is 10.0 Å². The first-order chi connectivity index (χ1) is 7.59. The van der Waals surface area contributed by atoms with Gasteiger partial charge in [0.25, 0.3) is 10.0 Å². The standard InChI is InChI=1S/C10H16N2O2S2/c1-2-12(8-3-4-8)16(13,14)10-6-5-9(7-11)15-10/h5-6,8H,2-4,7,11H2,1H3. The van der Waals surface area contributed by atoms with Crippen LogP contribution in [0.3, 0.4) is 0 Å². The lowest BCUT2D eigenvalue weighted by molar-refractivity contribution is 0.422. The van der Waals surface area contributed by atoms with E-state index in [1.807, 2.05) is 6.92 Å². The maximum Gasteiger partial charge on any atom is 0.252 e. The lowest BCUT2D eigenvalue weighted by Crippen LogP contribution is -2.32. The molecule has 0 aliphatic heterocycles. The zero-order chi connectivity index (χ0) is 11.8. The summed E-state index contributed by atoms with van der Waals surface area (Å²) in [5, 5.41) is 0. The average Bonchev–Trinajstić information content (AvgIpc) is 2.95. The third-order valence-corrected chi connectivity index (χ3v) is 6.27. The van der Waals surface area contributed by atoms with Gasteiger partial charge in [-0.1, -0.05) is 6.92 Å². The van der Waals surface area contributed by atoms with Gasteiger partial charge in [-0.3, -0.25) is 0 Å². The van der Waals surface area contributed by atoms with Crippen molar-refractivity contribution >= 4 is 21.4 Å². The number of nitrogens with two attached hydrogens (primary N) is 1. The highest BCUT2D eigenvalue weighted by Crippen LogP contribution is 2.33. The molecular weight excluding hydrogens is 244 g/mol. The van der Waals surface area contributed by atoms with Crippen molar-refractivity contribution in [1.82, 2.24) is 4.31 Å². The van der Waals surface area contributed by atoms with Crippen LogP contribution in [0.25, 0.3) is 0 Å². The molecule has 1 saturated carbocycles. The Balaban J connectivity index is 2.29. The molecule has 2 rings (SSSR count). The smallest absolute Gasteiger partial charge is 0.252 e. The zero-order valence-corrected chi connectivity index (χ0v) is 10.9. The van der Waals surface area contributed by atoms with Crippen molar-refractivity contribution in [3.63, 3.8) is 0 Å². The normalized spacial score (nSPS) is 16.9. The van der Waals surface area contributed by atoms with Crippen LogP contribution in [0, 0.1) is 0 Å². The number of hydrogen-bond donors (Lipinski definition) is 1. The summed E-state index contributed by atoms with van der Waals surface area (Å²) < 4.78 is 26.6. The van der Waals surface area contributed by atoms with Gasteiger partial charge in [0.05, 0.1) is 0 Å². The molecule has 4 nitrogen and oxygen atoms in total. The van der Waals surface area contributed by atoms with Gasteiger partial charge < -0.3 is 5.73 Å². The molecule has 1 fully saturated rings. The van der Waals surface area contributed by atoms with E-state index in [1.165, 1.54) is 11.3 Å². The van der Waals surface area contributed by atoms with Gasteiger partial charge in [0.15, 0.2) is 0 Å². The molecule has 0 spiro atoms. The minimum absolute atomic E-state index is 0.221. The van der Waals surface area contributed by atoms with Crippen LogP contribution in [0.15, 0.2) is 16.3 Å². The van der Waals surface area contributed by atoms with E-state index >= 15 is 0 Å². The molecule has 0 saturated heterocycles. The van der Waals surface area contributed by atoms with Gasteiger partial charge in [-0.05, 0) is 25.0 Å². The van der Waals surface area contributed by atoms with Crippen LogP contribution >= 0.6 is 11.3 Å². The van der Waals surface area contributed by atoms with Crippen molar-refractivity contribution in [3.8, 4) is 0 Å². The van der Waals surface area contributed by atoms with Gasteiger partial charge in [0.2, 0.25) is 0 Å². The van der Waals surface area contributed by atoms with E-state index in [0.717, 1.165) is 17.7 Å². The zero-order valence-electron chi connectivity index (χ0n) is 9.22. The summed E-state index contributed by atoms with van der Waals surface area (Å²) in [5.74, 6) is 0. The molecule has 0 amide bonds. The first kappa shape index (κ1) is 12.0. The molecular formula is C10H16N2O2S2. The second kappa shape index (κ2) is 4.44. The molecule has 90 valence electrons. The molecule has 2 N–H and O–H groups in total. The number of thiophene rings is 1. The second-order valence-electron chi connectivity index (χ2n) is 3.86. The molecule has 0 bridgehead atoms. The van der Waals surface area contributed by atoms with Crippen LogP contribution in [0.4, 0.5) is 0 Å². The van der Waals surface area contributed by atoms with Gasteiger partial charge in [0, 0.05) is 24.0 Å². The maximum atomic E-state index is 12.3. The SMILES string of the molecule is CCN(C1CC1)S(=O)(=O)c1ccc(CN)s1. The van der Waals surface area contributed by atoms with E-state index in [4.69, 9.17) is 5.73 Å². The minimum Gasteiger partial charge on any atom is -0.326 e. The molecule has 1 aliphatic rings. The van der Waals surface area contributed by atoms with Gasteiger partial charge in [-0.25, -0.2) is 8.42 Å². The van der Waals surface area contributed by atoms with E-state index in [0.29, 0.717) is 17.3 Å². The van der Waals surface area contributed by atoms with Gasteiger partial charge in [-0.15, -0.1) is 11.3 Å². The predicted molar refractivity (Wildman–Crippen MR) is 64.8 cm³/mol. The highest BCUT2D eigenvalue weighted by atomic mass is 32.2. The quantitative estimate of drug-likeness (QED) is 0.870. The Hall–Kier alpha value is -0.430. The summed E-state index contributed by atoms with van der Waals surface area (Å²) in [6.45, 7) is 2.83. The fraction of sp³-hybridized carbons (Fsp3) is 0.600. The molecule has 1 aliphatic carbocycles. The summed E-state index contributed by atoms with van der Waals surface area (Å²) in [6.07, 6.45) is 1.98. The van der Waals surface area contributed by atoms with Crippen LogP contribution in [0.2, 0.25) is 0 Å². The number of hydrogen-bond acceptors (Lipinski definition) is 4. The lowest BCUT2D eigenvalue weighted by Gasteiger charge is -2.18. The lowest BCUT2D eigenvalue weighted by atomic mass is 10.5. The van der Waals surface area contributed by atoms with Crippen molar-refractivity contribution in [2.75, 3.05) is 6.54 Å².